The van der Waals surface area contributed by atoms with Crippen LogP contribution in [-0.4, -0.2) is 20.9 Å². The summed E-state index contributed by atoms with van der Waals surface area (Å²) in [6.45, 7) is -2.81. The van der Waals surface area contributed by atoms with Gasteiger partial charge in [-0.05, 0) is 54.1 Å². The maximum Gasteiger partial charge on any atom is 0.387 e. The van der Waals surface area contributed by atoms with Crippen LogP contribution in [0.2, 0.25) is 0 Å². The van der Waals surface area contributed by atoms with E-state index in [1.165, 1.54) is 48.5 Å². The molecule has 0 fully saturated rings. The Kier molecular flexibility index (Phi) is 6.63. The molecule has 156 valence electrons. The van der Waals surface area contributed by atoms with Crippen molar-refractivity contribution in [3.8, 4) is 5.75 Å². The smallest absolute Gasteiger partial charge is 0.387 e. The number of halogens is 2. The van der Waals surface area contributed by atoms with Gasteiger partial charge < -0.3 is 10.1 Å². The van der Waals surface area contributed by atoms with Gasteiger partial charge in [-0.15, -0.1) is 0 Å². The van der Waals surface area contributed by atoms with E-state index < -0.39 is 22.5 Å². The van der Waals surface area contributed by atoms with Crippen LogP contribution in [0.3, 0.4) is 0 Å². The second kappa shape index (κ2) is 9.36. The van der Waals surface area contributed by atoms with Crippen molar-refractivity contribution in [2.75, 3.05) is 4.72 Å². The molecule has 3 aromatic rings. The molecule has 0 aromatic heterocycles. The number of alkyl halides is 2. The van der Waals surface area contributed by atoms with E-state index in [-0.39, 0.29) is 17.2 Å². The Balaban J connectivity index is 1.60. The topological polar surface area (TPSA) is 84.5 Å². The minimum atomic E-state index is -3.72. The molecule has 6 nitrogen and oxygen atoms in total. The van der Waals surface area contributed by atoms with Gasteiger partial charge in [0.1, 0.15) is 5.75 Å². The second-order valence-corrected chi connectivity index (χ2v) is 7.89. The Morgan fingerprint density at radius 1 is 0.933 bits per heavy atom. The van der Waals surface area contributed by atoms with Crippen LogP contribution in [0.4, 0.5) is 14.5 Å². The van der Waals surface area contributed by atoms with Crippen LogP contribution >= 0.6 is 0 Å². The van der Waals surface area contributed by atoms with Gasteiger partial charge in [-0.1, -0.05) is 30.3 Å². The molecule has 0 atom stereocenters. The van der Waals surface area contributed by atoms with E-state index in [0.29, 0.717) is 16.8 Å². The van der Waals surface area contributed by atoms with Crippen LogP contribution in [0.1, 0.15) is 15.9 Å². The Morgan fingerprint density at radius 3 is 2.30 bits per heavy atom. The molecule has 0 saturated heterocycles. The lowest BCUT2D eigenvalue weighted by atomic mass is 10.1. The molecule has 0 bridgehead atoms. The fraction of sp³-hybridized carbons (Fsp3) is 0.0952. The number of rotatable bonds is 8. The lowest BCUT2D eigenvalue weighted by Crippen LogP contribution is -2.22. The summed E-state index contributed by atoms with van der Waals surface area (Å²) in [7, 11) is -3.72. The van der Waals surface area contributed by atoms with Crippen molar-refractivity contribution in [1.82, 2.24) is 5.32 Å². The number of sulfonamides is 1. The van der Waals surface area contributed by atoms with Gasteiger partial charge in [0.05, 0.1) is 4.90 Å². The number of amides is 1. The first-order valence-corrected chi connectivity index (χ1v) is 10.3. The normalized spacial score (nSPS) is 11.2. The van der Waals surface area contributed by atoms with Crippen molar-refractivity contribution < 1.29 is 26.7 Å². The summed E-state index contributed by atoms with van der Waals surface area (Å²) in [5.74, 6) is -0.389. The molecule has 1 amide bonds. The van der Waals surface area contributed by atoms with Gasteiger partial charge in [0.25, 0.3) is 15.9 Å². The number of carbonyl (C=O) groups is 1. The van der Waals surface area contributed by atoms with Gasteiger partial charge in [-0.2, -0.15) is 8.78 Å². The second-order valence-electron chi connectivity index (χ2n) is 6.20. The van der Waals surface area contributed by atoms with Crippen molar-refractivity contribution in [3.63, 3.8) is 0 Å². The van der Waals surface area contributed by atoms with Gasteiger partial charge in [-0.3, -0.25) is 9.52 Å². The van der Waals surface area contributed by atoms with E-state index >= 15 is 0 Å². The zero-order valence-corrected chi connectivity index (χ0v) is 16.4. The quantitative estimate of drug-likeness (QED) is 0.563. The van der Waals surface area contributed by atoms with Gasteiger partial charge in [0, 0.05) is 17.8 Å². The molecule has 3 aromatic carbocycles. The Bertz CT molecular complexity index is 1110. The van der Waals surface area contributed by atoms with Crippen LogP contribution < -0.4 is 14.8 Å². The average Bonchev–Trinajstić information content (AvgIpc) is 2.73. The maximum atomic E-state index is 12.3. The summed E-state index contributed by atoms with van der Waals surface area (Å²) in [4.78, 5) is 12.4. The Labute approximate surface area is 172 Å². The van der Waals surface area contributed by atoms with Crippen LogP contribution in [0.5, 0.6) is 5.75 Å². The third kappa shape index (κ3) is 5.77. The first-order valence-electron chi connectivity index (χ1n) is 8.83. The lowest BCUT2D eigenvalue weighted by molar-refractivity contribution is -0.0498. The summed E-state index contributed by atoms with van der Waals surface area (Å²) >= 11 is 0. The molecule has 0 spiro atoms. The molecule has 0 saturated carbocycles. The summed E-state index contributed by atoms with van der Waals surface area (Å²) in [6.07, 6.45) is 0. The standard InChI is InChI=1S/C21H18F2N2O4S/c22-21(23)29-18-6-4-5-15(13-18)14-24-20(26)16-9-11-17(12-10-16)25-30(27,28)19-7-2-1-3-8-19/h1-13,21,25H,14H2,(H,24,26). The van der Waals surface area contributed by atoms with Gasteiger partial charge >= 0.3 is 6.61 Å². The number of carbonyl (C=O) groups excluding carboxylic acids is 1. The van der Waals surface area contributed by atoms with Crippen molar-refractivity contribution in [1.29, 1.82) is 0 Å². The predicted octanol–water partition coefficient (Wildman–Crippen LogP) is 4.02. The van der Waals surface area contributed by atoms with Gasteiger partial charge in [0.2, 0.25) is 0 Å². The molecule has 0 heterocycles. The number of hydrogen-bond acceptors (Lipinski definition) is 4. The fourth-order valence-corrected chi connectivity index (χ4v) is 3.70. The number of hydrogen-bond donors (Lipinski definition) is 2. The minimum absolute atomic E-state index is 0.00630. The van der Waals surface area contributed by atoms with Crippen molar-refractivity contribution >= 4 is 21.6 Å². The molecular formula is C21H18F2N2O4S. The zero-order chi connectivity index (χ0) is 21.6. The highest BCUT2D eigenvalue weighted by atomic mass is 32.2. The van der Waals surface area contributed by atoms with Gasteiger partial charge in [0.15, 0.2) is 0 Å². The van der Waals surface area contributed by atoms with Crippen LogP contribution in [-0.2, 0) is 16.6 Å². The number of nitrogens with one attached hydrogen (secondary N) is 2. The highest BCUT2D eigenvalue weighted by Gasteiger charge is 2.14. The highest BCUT2D eigenvalue weighted by molar-refractivity contribution is 7.92. The van der Waals surface area contributed by atoms with E-state index in [0.717, 1.165) is 0 Å². The van der Waals surface area contributed by atoms with E-state index in [9.17, 15) is 22.0 Å². The van der Waals surface area contributed by atoms with Crippen LogP contribution in [0, 0.1) is 0 Å². The van der Waals surface area contributed by atoms with Gasteiger partial charge in [-0.25, -0.2) is 8.42 Å². The SMILES string of the molecule is O=C(NCc1cccc(OC(F)F)c1)c1ccc(NS(=O)(=O)c2ccccc2)cc1. The first kappa shape index (κ1) is 21.3. The minimum Gasteiger partial charge on any atom is -0.435 e. The monoisotopic (exact) mass is 432 g/mol. The summed E-state index contributed by atoms with van der Waals surface area (Å²) < 4.78 is 56.0. The number of anilines is 1. The number of ether oxygens (including phenoxy) is 1. The Morgan fingerprint density at radius 2 is 1.63 bits per heavy atom. The largest absolute Gasteiger partial charge is 0.435 e. The third-order valence-electron chi connectivity index (χ3n) is 4.03. The van der Waals surface area contributed by atoms with E-state index in [1.54, 1.807) is 30.3 Å². The summed E-state index contributed by atoms with van der Waals surface area (Å²) in [5.41, 5.74) is 1.22. The first-order chi connectivity index (χ1) is 14.3. The molecule has 9 heteroatoms. The fourth-order valence-electron chi connectivity index (χ4n) is 2.62. The maximum absolute atomic E-state index is 12.3. The molecule has 30 heavy (non-hydrogen) atoms. The summed E-state index contributed by atoms with van der Waals surface area (Å²) in [5, 5.41) is 2.67. The molecule has 0 unspecified atom stereocenters. The molecule has 0 radical (unpaired) electrons. The van der Waals surface area contributed by atoms with E-state index in [2.05, 4.69) is 14.8 Å². The van der Waals surface area contributed by atoms with Crippen LogP contribution in [0.25, 0.3) is 0 Å². The van der Waals surface area contributed by atoms with E-state index in [4.69, 9.17) is 0 Å². The molecule has 2 N–H and O–H groups in total. The van der Waals surface area contributed by atoms with Crippen LogP contribution in [0.15, 0.2) is 83.8 Å². The molecular weight excluding hydrogens is 414 g/mol. The molecule has 0 aliphatic rings. The summed E-state index contributed by atoms with van der Waals surface area (Å²) in [6, 6.07) is 19.9. The van der Waals surface area contributed by atoms with E-state index in [1.807, 2.05) is 0 Å². The molecule has 0 aliphatic carbocycles. The average molecular weight is 432 g/mol. The van der Waals surface area contributed by atoms with Crippen molar-refractivity contribution in [3.05, 3.63) is 90.0 Å². The Hall–Kier alpha value is -3.46. The highest BCUT2D eigenvalue weighted by Crippen LogP contribution is 2.18. The third-order valence-corrected chi connectivity index (χ3v) is 5.43. The lowest BCUT2D eigenvalue weighted by Gasteiger charge is -2.10. The molecule has 3 rings (SSSR count). The van der Waals surface area contributed by atoms with Crippen molar-refractivity contribution in [2.45, 2.75) is 18.1 Å². The zero-order valence-electron chi connectivity index (χ0n) is 15.6. The predicted molar refractivity (Wildman–Crippen MR) is 108 cm³/mol. The molecule has 0 aliphatic heterocycles. The number of benzene rings is 3. The van der Waals surface area contributed by atoms with Crippen molar-refractivity contribution in [2.24, 2.45) is 0 Å².